The van der Waals surface area contributed by atoms with E-state index < -0.39 is 0 Å². The molecule has 1 aromatic rings. The molecule has 2 rings (SSSR count). The maximum atomic E-state index is 13.0. The zero-order valence-electron chi connectivity index (χ0n) is 12.0. The highest BCUT2D eigenvalue weighted by atomic mass is 35.5. The van der Waals surface area contributed by atoms with Crippen LogP contribution in [0.1, 0.15) is 50.6 Å². The third kappa shape index (κ3) is 2.32. The topological polar surface area (TPSA) is 46.9 Å². The van der Waals surface area contributed by atoms with Crippen molar-refractivity contribution < 1.29 is 4.79 Å². The Morgan fingerprint density at radius 3 is 2.63 bits per heavy atom. The third-order valence-electron chi connectivity index (χ3n) is 4.20. The summed E-state index contributed by atoms with van der Waals surface area (Å²) >= 11 is 6.20. The Balaban J connectivity index is 2.46. The summed E-state index contributed by atoms with van der Waals surface area (Å²) in [5, 5.41) is 8.02. The molecule has 19 heavy (non-hydrogen) atoms. The van der Waals surface area contributed by atoms with Crippen molar-refractivity contribution in [2.45, 2.75) is 40.2 Å². The zero-order chi connectivity index (χ0) is 14.2. The van der Waals surface area contributed by atoms with E-state index >= 15 is 0 Å². The lowest BCUT2D eigenvalue weighted by Gasteiger charge is -2.31. The molecule has 1 aliphatic rings. The summed E-state index contributed by atoms with van der Waals surface area (Å²) in [4.78, 5) is 13.0. The van der Waals surface area contributed by atoms with Gasteiger partial charge >= 0.3 is 0 Å². The normalized spacial score (nSPS) is 23.5. The average Bonchev–Trinajstić information content (AvgIpc) is 2.94. The molecule has 2 heterocycles. The van der Waals surface area contributed by atoms with Gasteiger partial charge in [-0.1, -0.05) is 25.4 Å². The van der Waals surface area contributed by atoms with E-state index in [9.17, 15) is 4.79 Å². The maximum Gasteiger partial charge on any atom is 0.190 e. The van der Waals surface area contributed by atoms with Crippen molar-refractivity contribution in [3.05, 3.63) is 16.9 Å². The van der Waals surface area contributed by atoms with Gasteiger partial charge < -0.3 is 5.32 Å². The number of Topliss-reactive ketones (excluding diaryl/α,β-unsaturated/α-hetero) is 1. The molecule has 0 aromatic carbocycles. The summed E-state index contributed by atoms with van der Waals surface area (Å²) in [6.45, 7) is 9.84. The van der Waals surface area contributed by atoms with Gasteiger partial charge in [-0.05, 0) is 32.7 Å². The van der Waals surface area contributed by atoms with Crippen LogP contribution >= 0.6 is 11.6 Å². The second-order valence-electron chi connectivity index (χ2n) is 5.95. The smallest absolute Gasteiger partial charge is 0.190 e. The van der Waals surface area contributed by atoms with Gasteiger partial charge in [-0.3, -0.25) is 9.48 Å². The first-order valence-electron chi connectivity index (χ1n) is 6.88. The van der Waals surface area contributed by atoms with Crippen LogP contribution in [0.15, 0.2) is 6.20 Å². The van der Waals surface area contributed by atoms with E-state index in [2.05, 4.69) is 24.3 Å². The van der Waals surface area contributed by atoms with Gasteiger partial charge in [0.2, 0.25) is 0 Å². The van der Waals surface area contributed by atoms with E-state index in [1.54, 1.807) is 10.9 Å². The molecule has 1 aromatic heterocycles. The van der Waals surface area contributed by atoms with Crippen molar-refractivity contribution in [3.63, 3.8) is 0 Å². The number of aromatic nitrogens is 2. The Labute approximate surface area is 119 Å². The molecular weight excluding hydrogens is 262 g/mol. The predicted octanol–water partition coefficient (Wildman–Crippen LogP) is 2.94. The molecule has 0 bridgehead atoms. The van der Waals surface area contributed by atoms with Gasteiger partial charge in [0, 0.05) is 12.6 Å². The highest BCUT2D eigenvalue weighted by Gasteiger charge is 2.46. The van der Waals surface area contributed by atoms with Crippen molar-refractivity contribution in [1.82, 2.24) is 15.1 Å². The largest absolute Gasteiger partial charge is 0.316 e. The number of carbonyl (C=O) groups excluding carboxylic acids is 1. The van der Waals surface area contributed by atoms with Crippen molar-refractivity contribution in [2.75, 3.05) is 13.1 Å². The van der Waals surface area contributed by atoms with Crippen LogP contribution in [0.5, 0.6) is 0 Å². The summed E-state index contributed by atoms with van der Waals surface area (Å²) in [5.41, 5.74) is 0.213. The summed E-state index contributed by atoms with van der Waals surface area (Å²) in [5.74, 6) is 0.408. The molecule has 0 amide bonds. The van der Waals surface area contributed by atoms with Gasteiger partial charge in [0.25, 0.3) is 0 Å². The first kappa shape index (κ1) is 14.5. The lowest BCUT2D eigenvalue weighted by molar-refractivity contribution is 0.0726. The standard InChI is InChI=1S/C14H22ClN3O/c1-9(2)14(5-6-16-8-14)13(19)12-11(15)7-17-18(12)10(3)4/h7,9-10,16H,5-6,8H2,1-4H3. The second kappa shape index (κ2) is 5.25. The highest BCUT2D eigenvalue weighted by molar-refractivity contribution is 6.33. The van der Waals surface area contributed by atoms with Crippen LogP contribution in [0, 0.1) is 11.3 Å². The number of rotatable bonds is 4. The monoisotopic (exact) mass is 283 g/mol. The molecule has 5 heteroatoms. The Morgan fingerprint density at radius 1 is 1.47 bits per heavy atom. The lowest BCUT2D eigenvalue weighted by atomic mass is 9.72. The van der Waals surface area contributed by atoms with Gasteiger partial charge in [0.05, 0.1) is 16.6 Å². The van der Waals surface area contributed by atoms with Crippen LogP contribution in [0.3, 0.4) is 0 Å². The Kier molecular flexibility index (Phi) is 4.02. The third-order valence-corrected chi connectivity index (χ3v) is 4.48. The van der Waals surface area contributed by atoms with Gasteiger partial charge in [-0.2, -0.15) is 5.10 Å². The molecule has 1 aliphatic heterocycles. The van der Waals surface area contributed by atoms with Crippen molar-refractivity contribution >= 4 is 17.4 Å². The summed E-state index contributed by atoms with van der Waals surface area (Å²) in [6, 6.07) is 0.130. The number of nitrogens with one attached hydrogen (secondary N) is 1. The van der Waals surface area contributed by atoms with Gasteiger partial charge in [0.1, 0.15) is 5.69 Å². The maximum absolute atomic E-state index is 13.0. The van der Waals surface area contributed by atoms with Crippen molar-refractivity contribution in [2.24, 2.45) is 11.3 Å². The molecule has 0 saturated carbocycles. The molecule has 0 aliphatic carbocycles. The Bertz CT molecular complexity index is 473. The quantitative estimate of drug-likeness (QED) is 0.864. The molecule has 1 saturated heterocycles. The first-order valence-corrected chi connectivity index (χ1v) is 7.26. The van der Waals surface area contributed by atoms with Crippen LogP contribution in [0.4, 0.5) is 0 Å². The number of hydrogen-bond acceptors (Lipinski definition) is 3. The van der Waals surface area contributed by atoms with E-state index in [0.717, 1.165) is 19.5 Å². The molecule has 1 N–H and O–H groups in total. The summed E-state index contributed by atoms with van der Waals surface area (Å²) in [6.07, 6.45) is 2.44. The minimum Gasteiger partial charge on any atom is -0.316 e. The van der Waals surface area contributed by atoms with Crippen molar-refractivity contribution in [3.8, 4) is 0 Å². The number of ketones is 1. The van der Waals surface area contributed by atoms with Crippen LogP contribution in [0.25, 0.3) is 0 Å². The minimum absolute atomic E-state index is 0.128. The van der Waals surface area contributed by atoms with E-state index in [-0.39, 0.29) is 23.2 Å². The second-order valence-corrected chi connectivity index (χ2v) is 6.35. The van der Waals surface area contributed by atoms with E-state index in [0.29, 0.717) is 10.7 Å². The number of hydrogen-bond donors (Lipinski definition) is 1. The van der Waals surface area contributed by atoms with Gasteiger partial charge in [-0.25, -0.2) is 0 Å². The number of nitrogens with zero attached hydrogens (tertiary/aromatic N) is 2. The van der Waals surface area contributed by atoms with Crippen molar-refractivity contribution in [1.29, 1.82) is 0 Å². The molecule has 106 valence electrons. The predicted molar refractivity (Wildman–Crippen MR) is 76.7 cm³/mol. The number of carbonyl (C=O) groups is 1. The fourth-order valence-corrected chi connectivity index (χ4v) is 3.06. The fourth-order valence-electron chi connectivity index (χ4n) is 2.84. The Hall–Kier alpha value is -0.870. The molecule has 4 nitrogen and oxygen atoms in total. The number of halogens is 1. The molecule has 1 fully saturated rings. The van der Waals surface area contributed by atoms with Crippen LogP contribution in [-0.4, -0.2) is 28.7 Å². The molecule has 0 spiro atoms. The SMILES string of the molecule is CC(C)n1ncc(Cl)c1C(=O)C1(C(C)C)CCNC1. The zero-order valence-corrected chi connectivity index (χ0v) is 12.8. The van der Waals surface area contributed by atoms with Crippen LogP contribution < -0.4 is 5.32 Å². The first-order chi connectivity index (χ1) is 8.90. The van der Waals surface area contributed by atoms with E-state index in [1.807, 2.05) is 13.8 Å². The van der Waals surface area contributed by atoms with Crippen LogP contribution in [-0.2, 0) is 0 Å². The highest BCUT2D eigenvalue weighted by Crippen LogP contribution is 2.39. The van der Waals surface area contributed by atoms with E-state index in [1.165, 1.54) is 0 Å². The van der Waals surface area contributed by atoms with E-state index in [4.69, 9.17) is 11.6 Å². The lowest BCUT2D eigenvalue weighted by Crippen LogP contribution is -2.40. The molecule has 1 atom stereocenters. The average molecular weight is 284 g/mol. The minimum atomic E-state index is -0.351. The summed E-state index contributed by atoms with van der Waals surface area (Å²) < 4.78 is 1.74. The summed E-state index contributed by atoms with van der Waals surface area (Å²) in [7, 11) is 0. The fraction of sp³-hybridized carbons (Fsp3) is 0.714. The Morgan fingerprint density at radius 2 is 2.16 bits per heavy atom. The molecule has 0 radical (unpaired) electrons. The molecule has 1 unspecified atom stereocenters. The van der Waals surface area contributed by atoms with Gasteiger partial charge in [-0.15, -0.1) is 0 Å². The molecular formula is C14H22ClN3O. The van der Waals surface area contributed by atoms with Crippen LogP contribution in [0.2, 0.25) is 5.02 Å². The van der Waals surface area contributed by atoms with Gasteiger partial charge in [0.15, 0.2) is 5.78 Å².